The number of likely N-dealkylation sites (tertiary alicyclic amines) is 1. The molecule has 2 aromatic heterocycles. The van der Waals surface area contributed by atoms with Gasteiger partial charge in [-0.25, -0.2) is 0 Å². The fourth-order valence-electron chi connectivity index (χ4n) is 3.89. The van der Waals surface area contributed by atoms with Crippen LogP contribution in [0, 0.1) is 6.92 Å². The number of aliphatic hydroxyl groups excluding tert-OH is 1. The molecular formula is C25H23N3O4. The number of Topliss-reactive ketones (excluding diaryl/α,β-unsaturated/α-hetero) is 1. The molecule has 0 saturated carbocycles. The molecule has 0 aliphatic carbocycles. The molecule has 1 amide bonds. The van der Waals surface area contributed by atoms with Crippen LogP contribution in [0.15, 0.2) is 72.8 Å². The molecule has 3 heterocycles. The zero-order chi connectivity index (χ0) is 22.7. The number of nitrogens with zero attached hydrogens (tertiary/aromatic N) is 3. The van der Waals surface area contributed by atoms with Gasteiger partial charge in [-0.15, -0.1) is 0 Å². The quantitative estimate of drug-likeness (QED) is 0.364. The molecule has 1 saturated heterocycles. The average molecular weight is 429 g/mol. The molecule has 7 heteroatoms. The number of rotatable bonds is 6. The van der Waals surface area contributed by atoms with Crippen LogP contribution in [0.2, 0.25) is 0 Å². The van der Waals surface area contributed by atoms with Crippen LogP contribution in [0.1, 0.15) is 35.2 Å². The number of ketones is 1. The van der Waals surface area contributed by atoms with Gasteiger partial charge in [-0.05, 0) is 66.9 Å². The predicted molar refractivity (Wildman–Crippen MR) is 119 cm³/mol. The topological polar surface area (TPSA) is 92.6 Å². The Hall–Kier alpha value is -4.00. The third-order valence-electron chi connectivity index (χ3n) is 5.39. The summed E-state index contributed by atoms with van der Waals surface area (Å²) in [5.74, 6) is -0.906. The van der Waals surface area contributed by atoms with Crippen molar-refractivity contribution < 1.29 is 19.4 Å². The number of pyridine rings is 2. The van der Waals surface area contributed by atoms with Gasteiger partial charge in [0.05, 0.1) is 18.2 Å². The average Bonchev–Trinajstić information content (AvgIpc) is 3.06. The van der Waals surface area contributed by atoms with Crippen LogP contribution in [0.3, 0.4) is 0 Å². The van der Waals surface area contributed by atoms with E-state index in [1.807, 2.05) is 19.9 Å². The molecule has 1 aliphatic heterocycles. The van der Waals surface area contributed by atoms with Gasteiger partial charge in [0.15, 0.2) is 0 Å². The van der Waals surface area contributed by atoms with Crippen LogP contribution < -0.4 is 4.74 Å². The van der Waals surface area contributed by atoms with Crippen molar-refractivity contribution in [3.8, 4) is 5.75 Å². The minimum absolute atomic E-state index is 0.0497. The van der Waals surface area contributed by atoms with Crippen molar-refractivity contribution in [2.75, 3.05) is 6.61 Å². The van der Waals surface area contributed by atoms with Gasteiger partial charge in [0.25, 0.3) is 11.7 Å². The molecule has 0 radical (unpaired) electrons. The lowest BCUT2D eigenvalue weighted by molar-refractivity contribution is -0.140. The summed E-state index contributed by atoms with van der Waals surface area (Å²) in [4.78, 5) is 35.7. The summed E-state index contributed by atoms with van der Waals surface area (Å²) in [6, 6.07) is 11.5. The first kappa shape index (κ1) is 21.2. The number of aromatic nitrogens is 2. The lowest BCUT2D eigenvalue weighted by atomic mass is 9.95. The molecule has 0 bridgehead atoms. The summed E-state index contributed by atoms with van der Waals surface area (Å²) >= 11 is 0. The Morgan fingerprint density at radius 1 is 1.09 bits per heavy atom. The number of hydrogen-bond donors (Lipinski definition) is 1. The highest BCUT2D eigenvalue weighted by Crippen LogP contribution is 2.40. The maximum atomic E-state index is 13.1. The zero-order valence-electron chi connectivity index (χ0n) is 17.9. The Morgan fingerprint density at radius 2 is 1.88 bits per heavy atom. The van der Waals surface area contributed by atoms with Crippen LogP contribution in [-0.4, -0.2) is 38.3 Å². The van der Waals surface area contributed by atoms with Gasteiger partial charge in [0, 0.05) is 36.9 Å². The van der Waals surface area contributed by atoms with Crippen molar-refractivity contribution >= 4 is 17.4 Å². The number of benzene rings is 1. The summed E-state index contributed by atoms with van der Waals surface area (Å²) in [5.41, 5.74) is 2.79. The van der Waals surface area contributed by atoms with Gasteiger partial charge in [0.1, 0.15) is 11.5 Å². The second-order valence-electron chi connectivity index (χ2n) is 7.48. The van der Waals surface area contributed by atoms with Gasteiger partial charge in [-0.3, -0.25) is 19.6 Å². The van der Waals surface area contributed by atoms with Crippen molar-refractivity contribution in [1.82, 2.24) is 14.9 Å². The van der Waals surface area contributed by atoms with E-state index >= 15 is 0 Å². The molecule has 1 N–H and O–H groups in total. The molecule has 1 atom stereocenters. The zero-order valence-corrected chi connectivity index (χ0v) is 17.9. The number of carbonyl (C=O) groups excluding carboxylic acids is 2. The van der Waals surface area contributed by atoms with Gasteiger partial charge < -0.3 is 14.7 Å². The number of ether oxygens (including phenoxy) is 1. The summed E-state index contributed by atoms with van der Waals surface area (Å²) in [6.07, 6.45) is 6.49. The second kappa shape index (κ2) is 9.01. The minimum Gasteiger partial charge on any atom is -0.507 e. The van der Waals surface area contributed by atoms with Crippen LogP contribution in [0.4, 0.5) is 0 Å². The molecule has 0 spiro atoms. The molecule has 1 aliphatic rings. The largest absolute Gasteiger partial charge is 0.507 e. The van der Waals surface area contributed by atoms with E-state index in [0.29, 0.717) is 23.5 Å². The van der Waals surface area contributed by atoms with E-state index in [0.717, 1.165) is 11.1 Å². The summed E-state index contributed by atoms with van der Waals surface area (Å²) < 4.78 is 5.57. The Balaban J connectivity index is 1.83. The smallest absolute Gasteiger partial charge is 0.295 e. The van der Waals surface area contributed by atoms with Crippen molar-refractivity contribution in [1.29, 1.82) is 0 Å². The van der Waals surface area contributed by atoms with Crippen molar-refractivity contribution in [2.24, 2.45) is 0 Å². The van der Waals surface area contributed by atoms with Gasteiger partial charge >= 0.3 is 0 Å². The standard InChI is InChI=1S/C25H23N3O4/c1-3-32-20-7-6-19(13-16(20)2)23(29)21-22(18-8-11-26-12-9-18)28(25(31)24(21)30)15-17-5-4-10-27-14-17/h4-14,22,29H,3,15H2,1-2H3/b23-21-. The van der Waals surface area contributed by atoms with Crippen LogP contribution in [0.25, 0.3) is 5.76 Å². The summed E-state index contributed by atoms with van der Waals surface area (Å²) in [6.45, 7) is 4.47. The highest BCUT2D eigenvalue weighted by molar-refractivity contribution is 6.46. The van der Waals surface area contributed by atoms with Gasteiger partial charge in [-0.1, -0.05) is 6.07 Å². The highest BCUT2D eigenvalue weighted by atomic mass is 16.5. The molecule has 3 aromatic rings. The predicted octanol–water partition coefficient (Wildman–Crippen LogP) is 3.81. The third-order valence-corrected chi connectivity index (χ3v) is 5.39. The van der Waals surface area contributed by atoms with E-state index in [2.05, 4.69) is 9.97 Å². The molecule has 162 valence electrons. The van der Waals surface area contributed by atoms with Gasteiger partial charge in [0.2, 0.25) is 0 Å². The second-order valence-corrected chi connectivity index (χ2v) is 7.48. The number of amides is 1. The lowest BCUT2D eigenvalue weighted by Crippen LogP contribution is -2.29. The Labute approximate surface area is 186 Å². The molecule has 32 heavy (non-hydrogen) atoms. The number of hydrogen-bond acceptors (Lipinski definition) is 6. The summed E-state index contributed by atoms with van der Waals surface area (Å²) in [5, 5.41) is 11.2. The molecule has 7 nitrogen and oxygen atoms in total. The normalized spacial score (nSPS) is 17.6. The minimum atomic E-state index is -0.745. The van der Waals surface area contributed by atoms with Crippen molar-refractivity contribution in [3.63, 3.8) is 0 Å². The molecule has 1 fully saturated rings. The van der Waals surface area contributed by atoms with E-state index in [4.69, 9.17) is 4.74 Å². The van der Waals surface area contributed by atoms with Crippen LogP contribution >= 0.6 is 0 Å². The highest BCUT2D eigenvalue weighted by Gasteiger charge is 2.46. The summed E-state index contributed by atoms with van der Waals surface area (Å²) in [7, 11) is 0. The number of aliphatic hydroxyl groups is 1. The van der Waals surface area contributed by atoms with Crippen LogP contribution in [-0.2, 0) is 16.1 Å². The Kier molecular flexibility index (Phi) is 5.98. The van der Waals surface area contributed by atoms with Crippen molar-refractivity contribution in [2.45, 2.75) is 26.4 Å². The third kappa shape index (κ3) is 3.97. The Bertz CT molecular complexity index is 1180. The molecule has 4 rings (SSSR count). The SMILES string of the molecule is CCOc1ccc(/C(O)=C2/C(=O)C(=O)N(Cc3cccnc3)C2c2ccncc2)cc1C. The first-order valence-corrected chi connectivity index (χ1v) is 10.3. The molecule has 1 aromatic carbocycles. The maximum Gasteiger partial charge on any atom is 0.295 e. The van der Waals surface area contributed by atoms with E-state index in [9.17, 15) is 14.7 Å². The number of carbonyl (C=O) groups is 2. The first-order valence-electron chi connectivity index (χ1n) is 10.3. The fourth-order valence-corrected chi connectivity index (χ4v) is 3.89. The Morgan fingerprint density at radius 3 is 2.53 bits per heavy atom. The van der Waals surface area contributed by atoms with Crippen molar-refractivity contribution in [3.05, 3.63) is 95.1 Å². The molecule has 1 unspecified atom stereocenters. The fraction of sp³-hybridized carbons (Fsp3) is 0.200. The number of aryl methyl sites for hydroxylation is 1. The van der Waals surface area contributed by atoms with Crippen LogP contribution in [0.5, 0.6) is 5.75 Å². The lowest BCUT2D eigenvalue weighted by Gasteiger charge is -2.25. The van der Waals surface area contributed by atoms with E-state index < -0.39 is 17.7 Å². The maximum absolute atomic E-state index is 13.1. The van der Waals surface area contributed by atoms with Gasteiger partial charge in [-0.2, -0.15) is 0 Å². The van der Waals surface area contributed by atoms with E-state index in [1.165, 1.54) is 4.90 Å². The molecular weight excluding hydrogens is 406 g/mol. The van der Waals surface area contributed by atoms with E-state index in [-0.39, 0.29) is 17.9 Å². The first-order chi connectivity index (χ1) is 15.5. The van der Waals surface area contributed by atoms with E-state index in [1.54, 1.807) is 61.2 Å². The monoisotopic (exact) mass is 429 g/mol.